The fraction of sp³-hybridized carbons (Fsp3) is 0.167. The molecular weight excluding hydrogens is 643 g/mol. The van der Waals surface area contributed by atoms with Crippen LogP contribution in [-0.4, -0.2) is 29.2 Å². The van der Waals surface area contributed by atoms with Gasteiger partial charge < -0.3 is 13.9 Å². The number of carbonyl (C=O) groups excluding carboxylic acids is 2. The van der Waals surface area contributed by atoms with Crippen LogP contribution in [0.15, 0.2) is 105 Å². The molecule has 5 aromatic rings. The summed E-state index contributed by atoms with van der Waals surface area (Å²) < 4.78 is 32.7. The Morgan fingerprint density at radius 3 is 2.49 bits per heavy atom. The first-order valence-electron chi connectivity index (χ1n) is 14.8. The Labute approximate surface area is 277 Å². The molecule has 2 aromatic heterocycles. The van der Waals surface area contributed by atoms with Crippen molar-refractivity contribution in [3.63, 3.8) is 0 Å². The van der Waals surface area contributed by atoms with Crippen molar-refractivity contribution in [2.24, 2.45) is 4.99 Å². The van der Waals surface area contributed by atoms with E-state index < -0.39 is 29.4 Å². The van der Waals surface area contributed by atoms with Crippen molar-refractivity contribution in [3.8, 4) is 11.3 Å². The van der Waals surface area contributed by atoms with Gasteiger partial charge in [0.25, 0.3) is 5.56 Å². The van der Waals surface area contributed by atoms with Crippen molar-refractivity contribution in [2.75, 3.05) is 6.61 Å². The van der Waals surface area contributed by atoms with E-state index in [0.29, 0.717) is 43.7 Å². The number of hydrogen-bond donors (Lipinski definition) is 0. The van der Waals surface area contributed by atoms with Gasteiger partial charge in [-0.05, 0) is 68.8 Å². The molecule has 47 heavy (non-hydrogen) atoms. The van der Waals surface area contributed by atoms with Gasteiger partial charge in [-0.25, -0.2) is 19.0 Å². The lowest BCUT2D eigenvalue weighted by Crippen LogP contribution is -2.40. The molecule has 3 heterocycles. The smallest absolute Gasteiger partial charge is 0.339 e. The molecule has 1 aliphatic rings. The summed E-state index contributed by atoms with van der Waals surface area (Å²) in [5.41, 5.74) is 1.96. The Balaban J connectivity index is 1.51. The Kier molecular flexibility index (Phi) is 9.06. The molecule has 11 heteroatoms. The number of esters is 2. The Morgan fingerprint density at radius 2 is 1.79 bits per heavy atom. The van der Waals surface area contributed by atoms with E-state index in [1.54, 1.807) is 57.2 Å². The summed E-state index contributed by atoms with van der Waals surface area (Å²) in [4.78, 5) is 45.6. The molecule has 0 unspecified atom stereocenters. The molecule has 1 aliphatic heterocycles. The highest BCUT2D eigenvalue weighted by Gasteiger charge is 2.35. The van der Waals surface area contributed by atoms with Crippen LogP contribution in [0.4, 0.5) is 4.39 Å². The van der Waals surface area contributed by atoms with Gasteiger partial charge in [0.05, 0.1) is 40.1 Å². The van der Waals surface area contributed by atoms with Crippen LogP contribution in [0.5, 0.6) is 0 Å². The molecule has 0 fully saturated rings. The van der Waals surface area contributed by atoms with Crippen LogP contribution in [0.2, 0.25) is 5.02 Å². The van der Waals surface area contributed by atoms with E-state index in [0.717, 1.165) is 11.3 Å². The summed E-state index contributed by atoms with van der Waals surface area (Å²) in [6.45, 7) is 5.32. The number of carbonyl (C=O) groups is 2. The molecule has 0 N–H and O–H groups in total. The van der Waals surface area contributed by atoms with Crippen LogP contribution in [0.25, 0.3) is 23.1 Å². The van der Waals surface area contributed by atoms with E-state index >= 15 is 0 Å². The van der Waals surface area contributed by atoms with Crippen LogP contribution in [-0.2, 0) is 14.3 Å². The largest absolute Gasteiger partial charge is 0.463 e. The zero-order chi connectivity index (χ0) is 33.2. The molecule has 0 saturated carbocycles. The number of fused-ring (bicyclic) bond motifs is 1. The lowest BCUT2D eigenvalue weighted by Gasteiger charge is -2.25. The number of nitrogens with zero attached hydrogens (tertiary/aromatic N) is 2. The summed E-state index contributed by atoms with van der Waals surface area (Å²) in [5, 5.41) is 0.403. The van der Waals surface area contributed by atoms with Gasteiger partial charge in [0.2, 0.25) is 0 Å². The van der Waals surface area contributed by atoms with Crippen LogP contribution >= 0.6 is 22.9 Å². The first kappa shape index (κ1) is 31.9. The van der Waals surface area contributed by atoms with Gasteiger partial charge in [0.1, 0.15) is 17.3 Å². The third kappa shape index (κ3) is 6.47. The average molecular weight is 671 g/mol. The monoisotopic (exact) mass is 670 g/mol. The molecule has 0 spiro atoms. The number of furan rings is 1. The van der Waals surface area contributed by atoms with Crippen LogP contribution < -0.4 is 14.9 Å². The number of ether oxygens (including phenoxy) is 2. The van der Waals surface area contributed by atoms with Gasteiger partial charge in [-0.1, -0.05) is 65.4 Å². The molecule has 3 aromatic carbocycles. The summed E-state index contributed by atoms with van der Waals surface area (Å²) >= 11 is 7.38. The fourth-order valence-corrected chi connectivity index (χ4v) is 6.43. The second-order valence-corrected chi connectivity index (χ2v) is 12.3. The van der Waals surface area contributed by atoms with E-state index in [9.17, 15) is 18.8 Å². The summed E-state index contributed by atoms with van der Waals surface area (Å²) in [6.07, 6.45) is 1.25. The zero-order valence-electron chi connectivity index (χ0n) is 25.5. The third-order valence-electron chi connectivity index (χ3n) is 7.27. The normalized spacial score (nSPS) is 14.6. The second kappa shape index (κ2) is 13.4. The lowest BCUT2D eigenvalue weighted by molar-refractivity contribution is -0.138. The van der Waals surface area contributed by atoms with E-state index in [4.69, 9.17) is 30.5 Å². The topological polar surface area (TPSA) is 100 Å². The zero-order valence-corrected chi connectivity index (χ0v) is 27.1. The minimum Gasteiger partial charge on any atom is -0.463 e. The maximum absolute atomic E-state index is 14.1. The maximum Gasteiger partial charge on any atom is 0.339 e. The molecule has 0 amide bonds. The predicted octanol–water partition coefficient (Wildman–Crippen LogP) is 6.55. The first-order valence-corrected chi connectivity index (χ1v) is 16.0. The van der Waals surface area contributed by atoms with Crippen molar-refractivity contribution < 1.29 is 27.9 Å². The molecule has 0 aliphatic carbocycles. The van der Waals surface area contributed by atoms with Gasteiger partial charge in [0, 0.05) is 22.2 Å². The number of rotatable bonds is 8. The molecule has 1 atom stereocenters. The molecule has 0 bridgehead atoms. The van der Waals surface area contributed by atoms with Crippen molar-refractivity contribution in [1.82, 2.24) is 4.57 Å². The van der Waals surface area contributed by atoms with E-state index in [1.807, 2.05) is 30.3 Å². The van der Waals surface area contributed by atoms with E-state index in [1.165, 1.54) is 28.8 Å². The lowest BCUT2D eigenvalue weighted by atomic mass is 9.93. The highest BCUT2D eigenvalue weighted by molar-refractivity contribution is 7.07. The van der Waals surface area contributed by atoms with Crippen molar-refractivity contribution in [2.45, 2.75) is 32.9 Å². The second-order valence-electron chi connectivity index (χ2n) is 10.8. The number of halogens is 2. The minimum absolute atomic E-state index is 0.106. The molecular formula is C36H28ClFN2O6S. The number of benzene rings is 3. The van der Waals surface area contributed by atoms with Gasteiger partial charge >= 0.3 is 11.9 Å². The van der Waals surface area contributed by atoms with Crippen LogP contribution in [0.3, 0.4) is 0 Å². The van der Waals surface area contributed by atoms with Gasteiger partial charge in [-0.15, -0.1) is 0 Å². The van der Waals surface area contributed by atoms with Gasteiger partial charge in [-0.2, -0.15) is 0 Å². The standard InChI is InChI=1S/C36H28ClFN2O6S/c1-4-44-35(43)30-31(21-8-6-5-7-9-21)39-36-40(32(30)22-10-13-24(38)14-11-22)33(41)29(47-36)19-25-15-17-28(46-25)27-18-23(37)12-16-26(27)34(42)45-20(2)3/h5-20,32H,4H2,1-3H3/b29-19+/t32-/m1/s1. The molecule has 0 radical (unpaired) electrons. The maximum atomic E-state index is 14.1. The Hall–Kier alpha value is -5.06. The summed E-state index contributed by atoms with van der Waals surface area (Å²) in [6, 6.07) is 21.9. The quantitative estimate of drug-likeness (QED) is 0.174. The number of aromatic nitrogens is 1. The van der Waals surface area contributed by atoms with Crippen molar-refractivity contribution in [3.05, 3.63) is 143 Å². The number of thiazole rings is 1. The summed E-state index contributed by atoms with van der Waals surface area (Å²) in [7, 11) is 0. The average Bonchev–Trinajstić information content (AvgIpc) is 3.64. The van der Waals surface area contributed by atoms with E-state index in [2.05, 4.69) is 0 Å². The SMILES string of the molecule is CCOC(=O)C1=C(c2ccccc2)N=c2s/c(=C/c3ccc(-c4cc(Cl)ccc4C(=O)OC(C)C)o3)c(=O)n2[C@@H]1c1ccc(F)cc1. The first-order chi connectivity index (χ1) is 22.6. The number of hydrogen-bond acceptors (Lipinski definition) is 8. The van der Waals surface area contributed by atoms with Crippen LogP contribution in [0.1, 0.15) is 54.1 Å². The highest BCUT2D eigenvalue weighted by Crippen LogP contribution is 2.35. The van der Waals surface area contributed by atoms with Gasteiger partial charge in [-0.3, -0.25) is 9.36 Å². The summed E-state index contributed by atoms with van der Waals surface area (Å²) in [5.74, 6) is -0.935. The Morgan fingerprint density at radius 1 is 1.04 bits per heavy atom. The Bertz CT molecular complexity index is 2200. The molecule has 6 rings (SSSR count). The molecule has 238 valence electrons. The van der Waals surface area contributed by atoms with Crippen molar-refractivity contribution in [1.29, 1.82) is 0 Å². The molecule has 8 nitrogen and oxygen atoms in total. The third-order valence-corrected chi connectivity index (χ3v) is 8.49. The fourth-order valence-electron chi connectivity index (χ4n) is 5.28. The minimum atomic E-state index is -0.948. The predicted molar refractivity (Wildman–Crippen MR) is 177 cm³/mol. The van der Waals surface area contributed by atoms with E-state index in [-0.39, 0.29) is 28.4 Å². The van der Waals surface area contributed by atoms with Gasteiger partial charge in [0.15, 0.2) is 4.80 Å². The van der Waals surface area contributed by atoms with Crippen LogP contribution in [0, 0.1) is 5.82 Å². The highest BCUT2D eigenvalue weighted by atomic mass is 35.5. The molecule has 0 saturated heterocycles. The van der Waals surface area contributed by atoms with Crippen molar-refractivity contribution >= 4 is 46.6 Å².